The molecule has 4 heterocycles. The first-order valence-electron chi connectivity index (χ1n) is 19.2. The lowest BCUT2D eigenvalue weighted by atomic mass is 10.0. The van der Waals surface area contributed by atoms with E-state index in [-0.39, 0.29) is 55.5 Å². The quantitative estimate of drug-likeness (QED) is 0.0911. The number of hydrogen-bond donors (Lipinski definition) is 2. The van der Waals surface area contributed by atoms with Crippen LogP contribution in [-0.4, -0.2) is 67.9 Å². The number of carbonyl (C=O) groups is 4. The van der Waals surface area contributed by atoms with Crippen molar-refractivity contribution in [1.82, 2.24) is 14.0 Å². The van der Waals surface area contributed by atoms with Gasteiger partial charge in [0.05, 0.1) is 47.6 Å². The van der Waals surface area contributed by atoms with Crippen LogP contribution >= 0.6 is 0 Å². The second kappa shape index (κ2) is 16.7. The van der Waals surface area contributed by atoms with Gasteiger partial charge in [0, 0.05) is 75.7 Å². The molecular formula is C45H47N5O6. The zero-order chi connectivity index (χ0) is 39.3. The topological polar surface area (TPSA) is 135 Å². The monoisotopic (exact) mass is 753 g/mol. The Bertz CT molecular complexity index is 2300. The van der Waals surface area contributed by atoms with E-state index in [2.05, 4.69) is 10.3 Å². The molecule has 2 N–H and O–H groups in total. The van der Waals surface area contributed by atoms with Crippen molar-refractivity contribution in [3.63, 3.8) is 0 Å². The fourth-order valence-electron chi connectivity index (χ4n) is 7.46. The van der Waals surface area contributed by atoms with Gasteiger partial charge in [-0.1, -0.05) is 54.1 Å². The number of carbonyl (C=O) groups excluding carboxylic acids is 4. The fourth-order valence-corrected chi connectivity index (χ4v) is 7.46. The van der Waals surface area contributed by atoms with Gasteiger partial charge in [0.25, 0.3) is 5.91 Å². The first kappa shape index (κ1) is 38.2. The van der Waals surface area contributed by atoms with Crippen molar-refractivity contribution in [2.24, 2.45) is 19.1 Å². The lowest BCUT2D eigenvalue weighted by Gasteiger charge is -2.32. The van der Waals surface area contributed by atoms with Gasteiger partial charge < -0.3 is 29.2 Å². The molecule has 1 atom stereocenters. The number of piperidine rings is 1. The molecule has 2 aromatic heterocycles. The van der Waals surface area contributed by atoms with Gasteiger partial charge >= 0.3 is 0 Å². The molecule has 5 aromatic rings. The number of Topliss-reactive ketones (excluding diaryl/α,β-unsaturated/α-hetero) is 2. The summed E-state index contributed by atoms with van der Waals surface area (Å²) in [5.74, 6) is 0.110. The van der Waals surface area contributed by atoms with Crippen LogP contribution in [0.25, 0.3) is 11.1 Å². The average Bonchev–Trinajstić information content (AvgIpc) is 3.74. The van der Waals surface area contributed by atoms with Crippen molar-refractivity contribution in [2.75, 3.05) is 18.5 Å². The Labute approximate surface area is 326 Å². The van der Waals surface area contributed by atoms with Crippen LogP contribution in [0, 0.1) is 6.92 Å². The second-order valence-electron chi connectivity index (χ2n) is 14.8. The fraction of sp³-hybridized carbons (Fsp3) is 0.311. The number of anilines is 1. The van der Waals surface area contributed by atoms with Gasteiger partial charge in [0.15, 0.2) is 11.6 Å². The SMILES string of the molecule is Cc1ccc(CC(=O)c2cc(-c3ccc(CC(=O)c4cc(NC(=O)CCCOc5cc6c(cc5CO)C(=O)N5CCCC[C@H]5C=N6)cn4C)cc3)cn2C)cc1. The molecule has 11 nitrogen and oxygen atoms in total. The van der Waals surface area contributed by atoms with Crippen LogP contribution in [0.5, 0.6) is 5.75 Å². The number of aliphatic hydroxyl groups is 1. The third-order valence-corrected chi connectivity index (χ3v) is 10.6. The largest absolute Gasteiger partial charge is 0.493 e. The maximum atomic E-state index is 13.3. The van der Waals surface area contributed by atoms with Crippen LogP contribution < -0.4 is 10.1 Å². The third-order valence-electron chi connectivity index (χ3n) is 10.6. The van der Waals surface area contributed by atoms with Crippen LogP contribution in [0.15, 0.2) is 90.2 Å². The third kappa shape index (κ3) is 8.58. The highest BCUT2D eigenvalue weighted by Gasteiger charge is 2.31. The first-order chi connectivity index (χ1) is 27.1. The molecule has 0 aliphatic carbocycles. The molecule has 56 heavy (non-hydrogen) atoms. The summed E-state index contributed by atoms with van der Waals surface area (Å²) in [5, 5.41) is 12.9. The van der Waals surface area contributed by atoms with Gasteiger partial charge in [-0.05, 0) is 67.5 Å². The molecular weight excluding hydrogens is 707 g/mol. The summed E-state index contributed by atoms with van der Waals surface area (Å²) in [6.45, 7) is 2.64. The zero-order valence-corrected chi connectivity index (χ0v) is 32.1. The van der Waals surface area contributed by atoms with E-state index < -0.39 is 0 Å². The van der Waals surface area contributed by atoms with Gasteiger partial charge in [-0.25, -0.2) is 0 Å². The number of aromatic nitrogens is 2. The molecule has 11 heteroatoms. The minimum absolute atomic E-state index is 0.0222. The number of benzene rings is 3. The molecule has 2 aliphatic rings. The number of rotatable bonds is 14. The molecule has 2 amide bonds. The molecule has 3 aromatic carbocycles. The number of amides is 2. The number of fused-ring (bicyclic) bond motifs is 2. The maximum Gasteiger partial charge on any atom is 0.256 e. The molecule has 0 bridgehead atoms. The zero-order valence-electron chi connectivity index (χ0n) is 32.1. The lowest BCUT2D eigenvalue weighted by Crippen LogP contribution is -2.43. The van der Waals surface area contributed by atoms with Gasteiger partial charge in [-0.15, -0.1) is 0 Å². The summed E-state index contributed by atoms with van der Waals surface area (Å²) >= 11 is 0. The molecule has 0 unspecified atom stereocenters. The van der Waals surface area contributed by atoms with Crippen molar-refractivity contribution < 1.29 is 29.0 Å². The predicted molar refractivity (Wildman–Crippen MR) is 216 cm³/mol. The van der Waals surface area contributed by atoms with Crippen molar-refractivity contribution in [1.29, 1.82) is 0 Å². The Hall–Kier alpha value is -6.07. The van der Waals surface area contributed by atoms with E-state index in [1.54, 1.807) is 36.0 Å². The van der Waals surface area contributed by atoms with Crippen molar-refractivity contribution in [3.05, 3.63) is 124 Å². The summed E-state index contributed by atoms with van der Waals surface area (Å²) in [5.41, 5.74) is 8.00. The van der Waals surface area contributed by atoms with E-state index in [1.165, 1.54) is 0 Å². The summed E-state index contributed by atoms with van der Waals surface area (Å²) in [4.78, 5) is 58.9. The number of aliphatic imine (C=N–C) groups is 1. The number of nitrogens with zero attached hydrogens (tertiary/aromatic N) is 4. The van der Waals surface area contributed by atoms with Crippen LogP contribution in [0.2, 0.25) is 0 Å². The van der Waals surface area contributed by atoms with Crippen LogP contribution in [-0.2, 0) is 38.3 Å². The second-order valence-corrected chi connectivity index (χ2v) is 14.8. The summed E-state index contributed by atoms with van der Waals surface area (Å²) in [6, 6.07) is 22.7. The van der Waals surface area contributed by atoms with E-state index in [0.717, 1.165) is 47.1 Å². The van der Waals surface area contributed by atoms with Crippen LogP contribution in [0.4, 0.5) is 11.4 Å². The van der Waals surface area contributed by atoms with Gasteiger partial charge in [0.2, 0.25) is 5.91 Å². The summed E-state index contributed by atoms with van der Waals surface area (Å²) in [6.07, 6.45) is 9.51. The van der Waals surface area contributed by atoms with E-state index in [1.807, 2.05) is 90.4 Å². The highest BCUT2D eigenvalue weighted by Crippen LogP contribution is 2.34. The Morgan fingerprint density at radius 1 is 0.857 bits per heavy atom. The molecule has 1 fully saturated rings. The number of aryl methyl sites for hydroxylation is 3. The molecule has 1 saturated heterocycles. The van der Waals surface area contributed by atoms with Gasteiger partial charge in [0.1, 0.15) is 5.75 Å². The Kier molecular flexibility index (Phi) is 11.4. The van der Waals surface area contributed by atoms with E-state index in [9.17, 15) is 24.3 Å². The van der Waals surface area contributed by atoms with Gasteiger partial charge in [-0.3, -0.25) is 24.2 Å². The molecule has 0 saturated carbocycles. The number of aliphatic hydroxyl groups excluding tert-OH is 1. The molecule has 7 rings (SSSR count). The van der Waals surface area contributed by atoms with Crippen molar-refractivity contribution >= 4 is 41.0 Å². The number of nitrogens with one attached hydrogen (secondary N) is 1. The Morgan fingerprint density at radius 3 is 2.25 bits per heavy atom. The number of ether oxygens (including phenoxy) is 1. The Balaban J connectivity index is 0.899. The first-order valence-corrected chi connectivity index (χ1v) is 19.2. The average molecular weight is 754 g/mol. The van der Waals surface area contributed by atoms with E-state index in [4.69, 9.17) is 4.74 Å². The normalized spacial score (nSPS) is 14.9. The van der Waals surface area contributed by atoms with Gasteiger partial charge in [-0.2, -0.15) is 0 Å². The minimum atomic E-state index is -0.294. The molecule has 2 aliphatic heterocycles. The standard InChI is InChI=1S/C45H47N5O6/c1-29-9-11-30(12-10-29)19-41(52)39-22-33(26-48(39)2)32-15-13-31(14-16-32)20-42(53)40-23-35(27-49(40)3)47-44(54)8-6-18-56-43-24-38-37(21-34(43)28-51)45(55)50-17-5-4-7-36(50)25-46-38/h9-16,21-27,36,51H,4-8,17-20,28H2,1-3H3,(H,47,54)/t36-/m0/s1. The van der Waals surface area contributed by atoms with Crippen molar-refractivity contribution in [2.45, 2.75) is 64.5 Å². The van der Waals surface area contributed by atoms with Crippen LogP contribution in [0.1, 0.15) is 85.7 Å². The minimum Gasteiger partial charge on any atom is -0.493 e. The number of ketones is 2. The Morgan fingerprint density at radius 2 is 1.54 bits per heavy atom. The molecule has 288 valence electrons. The lowest BCUT2D eigenvalue weighted by molar-refractivity contribution is -0.116. The highest BCUT2D eigenvalue weighted by molar-refractivity contribution is 6.03. The molecule has 0 radical (unpaired) electrons. The molecule has 0 spiro atoms. The predicted octanol–water partition coefficient (Wildman–Crippen LogP) is 7.19. The maximum absolute atomic E-state index is 13.3. The summed E-state index contributed by atoms with van der Waals surface area (Å²) < 4.78 is 9.54. The van der Waals surface area contributed by atoms with E-state index >= 15 is 0 Å². The van der Waals surface area contributed by atoms with Crippen LogP contribution in [0.3, 0.4) is 0 Å². The van der Waals surface area contributed by atoms with E-state index in [0.29, 0.717) is 59.0 Å². The highest BCUT2D eigenvalue weighted by atomic mass is 16.5. The summed E-state index contributed by atoms with van der Waals surface area (Å²) in [7, 11) is 3.65. The smallest absolute Gasteiger partial charge is 0.256 e. The van der Waals surface area contributed by atoms with Crippen molar-refractivity contribution in [3.8, 4) is 16.9 Å². The number of hydrogen-bond acceptors (Lipinski definition) is 7.